The van der Waals surface area contributed by atoms with Crippen molar-refractivity contribution in [3.05, 3.63) is 65.2 Å². The van der Waals surface area contributed by atoms with Gasteiger partial charge in [-0.2, -0.15) is 26.3 Å². The van der Waals surface area contributed by atoms with Crippen LogP contribution in [0.1, 0.15) is 50.2 Å². The Hall–Kier alpha value is -2.03. The first-order valence-corrected chi connectivity index (χ1v) is 11.3. The monoisotopic (exact) mass is 483 g/mol. The summed E-state index contributed by atoms with van der Waals surface area (Å²) in [7, 11) is -4.04. The van der Waals surface area contributed by atoms with E-state index in [1.165, 1.54) is 0 Å². The summed E-state index contributed by atoms with van der Waals surface area (Å²) in [5.41, 5.74) is -1.47. The van der Waals surface area contributed by atoms with Crippen LogP contribution in [0.5, 0.6) is 0 Å². The first-order chi connectivity index (χ1) is 14.6. The van der Waals surface area contributed by atoms with Gasteiger partial charge in [-0.05, 0) is 69.7 Å². The van der Waals surface area contributed by atoms with Crippen LogP contribution < -0.4 is 5.32 Å². The molecule has 0 spiro atoms. The lowest BCUT2D eigenvalue weighted by Crippen LogP contribution is -2.19. The standard InChI is InChI=1S/C21H24F6NO3P/c1-13(2)30-32(29,31-14(3)4)19(15-5-7-16(8-6-15)20(22,23)24)28-18-11-9-17(10-12-18)21(25,26)27/h5-14,19,28H,1-4H3. The number of hydrogen-bond acceptors (Lipinski definition) is 4. The first-order valence-electron chi connectivity index (χ1n) is 9.69. The molecule has 1 N–H and O–H groups in total. The summed E-state index contributed by atoms with van der Waals surface area (Å²) in [6.45, 7) is 6.44. The van der Waals surface area contributed by atoms with Crippen LogP contribution in [-0.4, -0.2) is 12.2 Å². The molecule has 0 fully saturated rings. The molecule has 0 aliphatic rings. The number of hydrogen-bond donors (Lipinski definition) is 1. The van der Waals surface area contributed by atoms with Gasteiger partial charge >= 0.3 is 19.9 Å². The van der Waals surface area contributed by atoms with Gasteiger partial charge in [0.2, 0.25) is 0 Å². The fourth-order valence-corrected chi connectivity index (χ4v) is 5.16. The molecule has 0 heterocycles. The molecule has 0 bridgehead atoms. The topological polar surface area (TPSA) is 47.6 Å². The predicted molar refractivity (Wildman–Crippen MR) is 109 cm³/mol. The van der Waals surface area contributed by atoms with Crippen molar-refractivity contribution >= 4 is 13.3 Å². The third-order valence-electron chi connectivity index (χ3n) is 4.10. The SMILES string of the molecule is CC(C)OP(=O)(OC(C)C)C(Nc1ccc(C(F)(F)F)cc1)c1ccc(C(F)(F)F)cc1. The van der Waals surface area contributed by atoms with Crippen LogP contribution in [0, 0.1) is 0 Å². The molecule has 2 aromatic carbocycles. The summed E-state index contributed by atoms with van der Waals surface area (Å²) in [4.78, 5) is 0. The van der Waals surface area contributed by atoms with E-state index in [4.69, 9.17) is 9.05 Å². The highest BCUT2D eigenvalue weighted by Crippen LogP contribution is 2.62. The number of rotatable bonds is 8. The highest BCUT2D eigenvalue weighted by atomic mass is 31.2. The molecule has 2 aromatic rings. The van der Waals surface area contributed by atoms with E-state index in [0.29, 0.717) is 0 Å². The lowest BCUT2D eigenvalue weighted by Gasteiger charge is -2.31. The molecule has 0 radical (unpaired) electrons. The van der Waals surface area contributed by atoms with Gasteiger partial charge in [-0.1, -0.05) is 12.1 Å². The fourth-order valence-electron chi connectivity index (χ4n) is 2.85. The van der Waals surface area contributed by atoms with Crippen molar-refractivity contribution in [3.63, 3.8) is 0 Å². The Morgan fingerprint density at radius 3 is 1.44 bits per heavy atom. The Bertz CT molecular complexity index is 911. The van der Waals surface area contributed by atoms with Gasteiger partial charge in [0.15, 0.2) is 5.78 Å². The van der Waals surface area contributed by atoms with E-state index in [0.717, 1.165) is 48.5 Å². The van der Waals surface area contributed by atoms with Gasteiger partial charge in [-0.15, -0.1) is 0 Å². The normalized spacial score (nSPS) is 14.1. The van der Waals surface area contributed by atoms with Crippen LogP contribution in [0.2, 0.25) is 0 Å². The summed E-state index contributed by atoms with van der Waals surface area (Å²) in [6.07, 6.45) is -10.2. The minimum Gasteiger partial charge on any atom is -0.368 e. The molecule has 32 heavy (non-hydrogen) atoms. The van der Waals surface area contributed by atoms with Crippen LogP contribution in [0.4, 0.5) is 32.0 Å². The third kappa shape index (κ3) is 6.98. The van der Waals surface area contributed by atoms with Crippen LogP contribution in [0.15, 0.2) is 48.5 Å². The highest BCUT2D eigenvalue weighted by Gasteiger charge is 2.40. The summed E-state index contributed by atoms with van der Waals surface area (Å²) in [6, 6.07) is 7.85. The Kier molecular flexibility index (Phi) is 8.07. The molecule has 2 rings (SSSR count). The second-order valence-corrected chi connectivity index (χ2v) is 9.61. The number of benzene rings is 2. The lowest BCUT2D eigenvalue weighted by molar-refractivity contribution is -0.138. The molecular formula is C21H24F6NO3P. The largest absolute Gasteiger partial charge is 0.416 e. The summed E-state index contributed by atoms with van der Waals surface area (Å²) >= 11 is 0. The molecule has 1 atom stereocenters. The molecular weight excluding hydrogens is 459 g/mol. The van der Waals surface area contributed by atoms with Gasteiger partial charge in [0.05, 0.1) is 23.3 Å². The van der Waals surface area contributed by atoms with E-state index < -0.39 is 49.1 Å². The van der Waals surface area contributed by atoms with Crippen molar-refractivity contribution in [2.45, 2.75) is 58.0 Å². The zero-order valence-electron chi connectivity index (χ0n) is 17.8. The molecule has 178 valence electrons. The van der Waals surface area contributed by atoms with Gasteiger partial charge < -0.3 is 14.4 Å². The second kappa shape index (κ2) is 9.85. The van der Waals surface area contributed by atoms with Gasteiger partial charge in [0, 0.05) is 5.69 Å². The summed E-state index contributed by atoms with van der Waals surface area (Å²) < 4.78 is 102. The lowest BCUT2D eigenvalue weighted by atomic mass is 10.1. The van der Waals surface area contributed by atoms with Crippen LogP contribution in [0.25, 0.3) is 0 Å². The Morgan fingerprint density at radius 2 is 1.09 bits per heavy atom. The van der Waals surface area contributed by atoms with E-state index in [9.17, 15) is 30.9 Å². The molecule has 1 unspecified atom stereocenters. The zero-order chi connectivity index (χ0) is 24.3. The van der Waals surface area contributed by atoms with E-state index >= 15 is 0 Å². The van der Waals surface area contributed by atoms with Crippen molar-refractivity contribution in [3.8, 4) is 0 Å². The van der Waals surface area contributed by atoms with Gasteiger partial charge in [-0.25, -0.2) is 0 Å². The average Bonchev–Trinajstić information content (AvgIpc) is 2.63. The van der Waals surface area contributed by atoms with Gasteiger partial charge in [0.1, 0.15) is 0 Å². The smallest absolute Gasteiger partial charge is 0.368 e. The van der Waals surface area contributed by atoms with Gasteiger partial charge in [0.25, 0.3) is 0 Å². The van der Waals surface area contributed by atoms with E-state index in [2.05, 4.69) is 5.32 Å². The van der Waals surface area contributed by atoms with Crippen molar-refractivity contribution in [1.82, 2.24) is 0 Å². The third-order valence-corrected chi connectivity index (χ3v) is 6.59. The van der Waals surface area contributed by atoms with Crippen molar-refractivity contribution < 1.29 is 40.0 Å². The Morgan fingerprint density at radius 1 is 0.719 bits per heavy atom. The molecule has 0 aliphatic carbocycles. The molecule has 11 heteroatoms. The quantitative estimate of drug-likeness (QED) is 0.307. The van der Waals surface area contributed by atoms with Crippen LogP contribution in [0.3, 0.4) is 0 Å². The molecule has 0 aliphatic heterocycles. The number of nitrogens with one attached hydrogen (secondary N) is 1. The summed E-state index contributed by atoms with van der Waals surface area (Å²) in [5, 5.41) is 2.82. The molecule has 4 nitrogen and oxygen atoms in total. The van der Waals surface area contributed by atoms with E-state index in [1.807, 2.05) is 0 Å². The molecule has 0 amide bonds. The molecule has 0 saturated carbocycles. The number of anilines is 1. The predicted octanol–water partition coefficient (Wildman–Crippen LogP) is 7.88. The maximum Gasteiger partial charge on any atom is 0.416 e. The number of alkyl halides is 6. The minimum absolute atomic E-state index is 0.155. The summed E-state index contributed by atoms with van der Waals surface area (Å²) in [5.74, 6) is -1.27. The number of halogens is 6. The maximum atomic E-state index is 13.7. The average molecular weight is 483 g/mol. The van der Waals surface area contributed by atoms with E-state index in [-0.39, 0.29) is 11.3 Å². The molecule has 0 saturated heterocycles. The van der Waals surface area contributed by atoms with E-state index in [1.54, 1.807) is 27.7 Å². The van der Waals surface area contributed by atoms with Crippen molar-refractivity contribution in [2.75, 3.05) is 5.32 Å². The van der Waals surface area contributed by atoms with Crippen LogP contribution >= 0.6 is 7.60 Å². The minimum atomic E-state index is -4.57. The van der Waals surface area contributed by atoms with Crippen molar-refractivity contribution in [1.29, 1.82) is 0 Å². The first kappa shape index (κ1) is 26.2. The zero-order valence-corrected chi connectivity index (χ0v) is 18.7. The van der Waals surface area contributed by atoms with Crippen molar-refractivity contribution in [2.24, 2.45) is 0 Å². The Labute approximate surface area is 182 Å². The highest BCUT2D eigenvalue weighted by molar-refractivity contribution is 7.54. The maximum absolute atomic E-state index is 13.7. The second-order valence-electron chi connectivity index (χ2n) is 7.59. The molecule has 0 aromatic heterocycles. The van der Waals surface area contributed by atoms with Crippen LogP contribution in [-0.2, 0) is 26.0 Å². The fraction of sp³-hybridized carbons (Fsp3) is 0.429. The Balaban J connectivity index is 2.51. The van der Waals surface area contributed by atoms with Gasteiger partial charge in [-0.3, -0.25) is 4.57 Å².